The average Bonchev–Trinajstić information content (AvgIpc) is 3.26. The maximum atomic E-state index is 14.1. The molecule has 0 radical (unpaired) electrons. The number of β-lactam (4-membered cyclic amide) rings is 1. The Morgan fingerprint density at radius 2 is 1.71 bits per heavy atom. The van der Waals surface area contributed by atoms with Crippen LogP contribution in [-0.2, 0) is 42.5 Å². The summed E-state index contributed by atoms with van der Waals surface area (Å²) in [5, 5.41) is 22.2. The molecule has 3 aromatic rings. The van der Waals surface area contributed by atoms with Gasteiger partial charge in [-0.25, -0.2) is 0 Å². The van der Waals surface area contributed by atoms with Crippen LogP contribution in [0.3, 0.4) is 0 Å². The number of aliphatic hydroxyl groups is 2. The molecular weight excluding hydrogens is 574 g/mol. The van der Waals surface area contributed by atoms with Gasteiger partial charge in [-0.3, -0.25) is 29.0 Å². The van der Waals surface area contributed by atoms with Crippen molar-refractivity contribution in [1.29, 1.82) is 0 Å². The van der Waals surface area contributed by atoms with Gasteiger partial charge in [0.2, 0.25) is 11.8 Å². The number of ether oxygens (including phenoxy) is 1. The molecule has 45 heavy (non-hydrogen) atoms. The second-order valence-electron chi connectivity index (χ2n) is 11.7. The molecule has 1 saturated heterocycles. The summed E-state index contributed by atoms with van der Waals surface area (Å²) < 4.78 is 5.28. The highest BCUT2D eigenvalue weighted by molar-refractivity contribution is 6.13. The molecule has 3 aliphatic heterocycles. The van der Waals surface area contributed by atoms with Crippen LogP contribution in [0.25, 0.3) is 0 Å². The highest BCUT2D eigenvalue weighted by Gasteiger charge is 2.54. The van der Waals surface area contributed by atoms with Crippen LogP contribution in [-0.4, -0.2) is 57.7 Å². The first kappa shape index (κ1) is 30.2. The van der Waals surface area contributed by atoms with Crippen molar-refractivity contribution in [3.63, 3.8) is 0 Å². The Balaban J connectivity index is 1.28. The number of anilines is 3. The van der Waals surface area contributed by atoms with Gasteiger partial charge in [-0.1, -0.05) is 61.5 Å². The summed E-state index contributed by atoms with van der Waals surface area (Å²) in [6, 6.07) is 21.4. The van der Waals surface area contributed by atoms with E-state index in [2.05, 4.69) is 0 Å². The lowest BCUT2D eigenvalue weighted by Gasteiger charge is -2.39. The Kier molecular flexibility index (Phi) is 8.03. The van der Waals surface area contributed by atoms with Crippen LogP contribution >= 0.6 is 0 Å². The molecule has 3 amide bonds. The molecule has 0 bridgehead atoms. The van der Waals surface area contributed by atoms with Crippen molar-refractivity contribution in [2.24, 2.45) is 5.92 Å². The first-order valence-electron chi connectivity index (χ1n) is 15.0. The molecule has 1 fully saturated rings. The van der Waals surface area contributed by atoms with Crippen LogP contribution in [0.15, 0.2) is 84.9 Å². The van der Waals surface area contributed by atoms with E-state index >= 15 is 0 Å². The van der Waals surface area contributed by atoms with Gasteiger partial charge < -0.3 is 19.8 Å². The fourth-order valence-electron chi connectivity index (χ4n) is 6.50. The second-order valence-corrected chi connectivity index (χ2v) is 11.7. The number of nitrogens with zero attached hydrogens (tertiary/aromatic N) is 3. The number of carbonyl (C=O) groups excluding carboxylic acids is 4. The molecule has 6 rings (SSSR count). The zero-order valence-electron chi connectivity index (χ0n) is 25.1. The molecule has 3 aromatic carbocycles. The van der Waals surface area contributed by atoms with Crippen molar-refractivity contribution in [3.8, 4) is 0 Å². The molecule has 3 aliphatic rings. The number of fused-ring (bicyclic) bond motifs is 2. The van der Waals surface area contributed by atoms with Crippen molar-refractivity contribution in [3.05, 3.63) is 102 Å². The predicted molar refractivity (Wildman–Crippen MR) is 166 cm³/mol. The van der Waals surface area contributed by atoms with Gasteiger partial charge in [0.25, 0.3) is 5.91 Å². The van der Waals surface area contributed by atoms with Crippen LogP contribution in [0.1, 0.15) is 43.4 Å². The van der Waals surface area contributed by atoms with E-state index < -0.39 is 29.6 Å². The van der Waals surface area contributed by atoms with Crippen LogP contribution in [0.2, 0.25) is 0 Å². The Labute approximate surface area is 261 Å². The number of carbonyl (C=O) groups is 4. The summed E-state index contributed by atoms with van der Waals surface area (Å²) >= 11 is 0. The summed E-state index contributed by atoms with van der Waals surface area (Å²) in [6.45, 7) is 3.22. The second kappa shape index (κ2) is 11.9. The smallest absolute Gasteiger partial charge is 0.304 e. The van der Waals surface area contributed by atoms with Gasteiger partial charge in [0, 0.05) is 42.7 Å². The zero-order valence-corrected chi connectivity index (χ0v) is 25.1. The van der Waals surface area contributed by atoms with Gasteiger partial charge in [-0.05, 0) is 47.9 Å². The lowest BCUT2D eigenvalue weighted by Crippen LogP contribution is -2.55. The van der Waals surface area contributed by atoms with Gasteiger partial charge in [-0.2, -0.15) is 0 Å². The number of para-hydroxylation sites is 1. The topological polar surface area (TPSA) is 128 Å². The number of esters is 1. The molecule has 0 aromatic heterocycles. The third kappa shape index (κ3) is 5.30. The largest absolute Gasteiger partial charge is 0.441 e. The Morgan fingerprint density at radius 1 is 1.00 bits per heavy atom. The standard InChI is InChI=1S/C35H35N3O7/c1-22(9-8-14-31(41)36-20-25-11-7-6-10-24(25)17-28(36)21-39)35(44)29-18-27(38-32(42)19-33(38)45-23(2)40)15-16-30(29)37(34(35)43)26-12-4-3-5-13-26/h3-13,15-16,18,22,28,33,39,44H,14,17,19-21H2,1-2H3/b9-8+/t22-,28+,33?,35+/m1/s1. The highest BCUT2D eigenvalue weighted by atomic mass is 16.6. The third-order valence-electron chi connectivity index (χ3n) is 8.92. The van der Waals surface area contributed by atoms with Crippen molar-refractivity contribution < 1.29 is 34.1 Å². The van der Waals surface area contributed by atoms with E-state index in [0.717, 1.165) is 11.1 Å². The van der Waals surface area contributed by atoms with Crippen LogP contribution in [0.4, 0.5) is 17.1 Å². The molecule has 0 aliphatic carbocycles. The number of hydrogen-bond acceptors (Lipinski definition) is 7. The molecule has 0 spiro atoms. The highest BCUT2D eigenvalue weighted by Crippen LogP contribution is 2.50. The van der Waals surface area contributed by atoms with Gasteiger partial charge in [0.05, 0.1) is 24.8 Å². The van der Waals surface area contributed by atoms with E-state index in [1.807, 2.05) is 30.3 Å². The van der Waals surface area contributed by atoms with Crippen molar-refractivity contribution in [2.75, 3.05) is 16.4 Å². The van der Waals surface area contributed by atoms with E-state index in [1.54, 1.807) is 66.4 Å². The minimum Gasteiger partial charge on any atom is -0.441 e. The van der Waals surface area contributed by atoms with Crippen LogP contribution in [0, 0.1) is 5.92 Å². The van der Waals surface area contributed by atoms with Gasteiger partial charge >= 0.3 is 5.97 Å². The molecule has 232 valence electrons. The summed E-state index contributed by atoms with van der Waals surface area (Å²) in [6.07, 6.45) is 3.17. The third-order valence-corrected chi connectivity index (χ3v) is 8.92. The van der Waals surface area contributed by atoms with E-state index in [1.165, 1.54) is 16.7 Å². The first-order valence-corrected chi connectivity index (χ1v) is 15.0. The number of benzene rings is 3. The Bertz CT molecular complexity index is 1690. The number of amides is 3. The summed E-state index contributed by atoms with van der Waals surface area (Å²) in [5.74, 6) is -2.27. The molecule has 10 nitrogen and oxygen atoms in total. The minimum atomic E-state index is -2.02. The zero-order chi connectivity index (χ0) is 31.9. The molecule has 10 heteroatoms. The maximum absolute atomic E-state index is 14.1. The minimum absolute atomic E-state index is 0.0227. The molecule has 4 atom stereocenters. The average molecular weight is 610 g/mol. The Hall–Kier alpha value is -4.80. The predicted octanol–water partition coefficient (Wildman–Crippen LogP) is 3.71. The number of hydrogen-bond donors (Lipinski definition) is 2. The van der Waals surface area contributed by atoms with Gasteiger partial charge in [0.1, 0.15) is 0 Å². The van der Waals surface area contributed by atoms with E-state index in [0.29, 0.717) is 35.6 Å². The lowest BCUT2D eigenvalue weighted by atomic mass is 9.82. The van der Waals surface area contributed by atoms with E-state index in [9.17, 15) is 29.4 Å². The first-order chi connectivity index (χ1) is 21.6. The van der Waals surface area contributed by atoms with Gasteiger partial charge in [-0.15, -0.1) is 0 Å². The van der Waals surface area contributed by atoms with Crippen LogP contribution < -0.4 is 9.80 Å². The Morgan fingerprint density at radius 3 is 2.40 bits per heavy atom. The molecule has 0 saturated carbocycles. The number of aliphatic hydroxyl groups excluding tert-OH is 1. The fourth-order valence-corrected chi connectivity index (χ4v) is 6.50. The number of rotatable bonds is 8. The molecular formula is C35H35N3O7. The molecule has 1 unspecified atom stereocenters. The quantitative estimate of drug-likeness (QED) is 0.227. The van der Waals surface area contributed by atoms with Gasteiger partial charge in [0.15, 0.2) is 11.8 Å². The molecule has 2 N–H and O–H groups in total. The van der Waals surface area contributed by atoms with E-state index in [4.69, 9.17) is 4.74 Å². The van der Waals surface area contributed by atoms with Crippen molar-refractivity contribution >= 4 is 40.8 Å². The summed E-state index contributed by atoms with van der Waals surface area (Å²) in [4.78, 5) is 56.0. The van der Waals surface area contributed by atoms with Crippen molar-refractivity contribution in [1.82, 2.24) is 4.90 Å². The van der Waals surface area contributed by atoms with Crippen LogP contribution in [0.5, 0.6) is 0 Å². The fraction of sp³-hybridized carbons (Fsp3) is 0.314. The van der Waals surface area contributed by atoms with E-state index in [-0.39, 0.29) is 37.3 Å². The monoisotopic (exact) mass is 609 g/mol. The molecule has 3 heterocycles. The SMILES string of the molecule is CC(=O)OC1CC(=O)N1c1ccc2c(c1)[C@@](O)([C@H](C)/C=C/CC(=O)N1Cc3ccccc3C[C@H]1CO)C(=O)N2c1ccccc1. The summed E-state index contributed by atoms with van der Waals surface area (Å²) in [7, 11) is 0. The van der Waals surface area contributed by atoms with Crippen molar-refractivity contribution in [2.45, 2.75) is 57.5 Å². The lowest BCUT2D eigenvalue weighted by molar-refractivity contribution is -0.154. The normalized spacial score (nSPS) is 23.1. The summed E-state index contributed by atoms with van der Waals surface area (Å²) in [5.41, 5.74) is 1.86. The maximum Gasteiger partial charge on any atom is 0.304 e.